The predicted octanol–water partition coefficient (Wildman–Crippen LogP) is 1.62. The Morgan fingerprint density at radius 2 is 2.12 bits per heavy atom. The number of carbonyl (C=O) groups is 1. The molecule has 1 amide bonds. The Bertz CT molecular complexity index is 556. The van der Waals surface area contributed by atoms with Crippen LogP contribution in [0.2, 0.25) is 0 Å². The Balaban J connectivity index is 1.48. The molecule has 2 heterocycles. The fraction of sp³-hybridized carbons (Fsp3) is 0.650. The molecule has 1 aromatic carbocycles. The van der Waals surface area contributed by atoms with Crippen molar-refractivity contribution in [2.45, 2.75) is 37.8 Å². The topological polar surface area (TPSA) is 47.6 Å². The zero-order valence-corrected chi connectivity index (χ0v) is 15.6. The van der Waals surface area contributed by atoms with Crippen LogP contribution in [0.4, 0.5) is 0 Å². The van der Waals surface area contributed by atoms with Gasteiger partial charge in [0.1, 0.15) is 0 Å². The van der Waals surface area contributed by atoms with Gasteiger partial charge in [-0.25, -0.2) is 0 Å². The average Bonchev–Trinajstić information content (AvgIpc) is 3.08. The van der Waals surface area contributed by atoms with Gasteiger partial charge in [-0.05, 0) is 45.3 Å². The lowest BCUT2D eigenvalue weighted by Gasteiger charge is -2.40. The second kappa shape index (κ2) is 8.30. The molecular weight excluding hydrogens is 312 g/mol. The van der Waals surface area contributed by atoms with Crippen molar-refractivity contribution in [2.24, 2.45) is 0 Å². The average molecular weight is 345 g/mol. The highest BCUT2D eigenvalue weighted by Crippen LogP contribution is 2.24. The second-order valence-electron chi connectivity index (χ2n) is 7.70. The SMILES string of the molecule is CN1CCN(CCCNC(=O)[C@]2(C)CCCN2)[C@@H](c2ccccc2)C1. The molecule has 2 atom stereocenters. The van der Waals surface area contributed by atoms with Crippen molar-refractivity contribution in [1.29, 1.82) is 0 Å². The molecule has 2 N–H and O–H groups in total. The third-order valence-corrected chi connectivity index (χ3v) is 5.66. The van der Waals surface area contributed by atoms with E-state index < -0.39 is 0 Å². The highest BCUT2D eigenvalue weighted by molar-refractivity contribution is 5.86. The molecule has 0 spiro atoms. The number of rotatable bonds is 6. The lowest BCUT2D eigenvalue weighted by Crippen LogP contribution is -2.51. The molecule has 0 unspecified atom stereocenters. The Labute approximate surface area is 151 Å². The first kappa shape index (κ1) is 18.4. The summed E-state index contributed by atoms with van der Waals surface area (Å²) in [6.07, 6.45) is 3.02. The van der Waals surface area contributed by atoms with Gasteiger partial charge >= 0.3 is 0 Å². The lowest BCUT2D eigenvalue weighted by atomic mass is 9.99. The molecule has 5 nitrogen and oxygen atoms in total. The van der Waals surface area contributed by atoms with Crippen molar-refractivity contribution in [3.05, 3.63) is 35.9 Å². The molecule has 2 aliphatic heterocycles. The van der Waals surface area contributed by atoms with E-state index in [-0.39, 0.29) is 11.4 Å². The van der Waals surface area contributed by atoms with Gasteiger partial charge in [-0.1, -0.05) is 30.3 Å². The van der Waals surface area contributed by atoms with Gasteiger partial charge in [0, 0.05) is 38.8 Å². The van der Waals surface area contributed by atoms with Crippen LogP contribution in [0.1, 0.15) is 37.8 Å². The third kappa shape index (κ3) is 4.60. The summed E-state index contributed by atoms with van der Waals surface area (Å²) in [4.78, 5) is 17.3. The van der Waals surface area contributed by atoms with Gasteiger partial charge in [0.15, 0.2) is 0 Å². The molecule has 0 radical (unpaired) electrons. The smallest absolute Gasteiger partial charge is 0.240 e. The quantitative estimate of drug-likeness (QED) is 0.770. The minimum Gasteiger partial charge on any atom is -0.354 e. The van der Waals surface area contributed by atoms with E-state index in [1.807, 2.05) is 6.92 Å². The molecule has 0 bridgehead atoms. The first-order valence-electron chi connectivity index (χ1n) is 9.59. The molecule has 3 rings (SSSR count). The molecule has 0 aromatic heterocycles. The maximum absolute atomic E-state index is 12.4. The summed E-state index contributed by atoms with van der Waals surface area (Å²) in [6.45, 7) is 8.01. The monoisotopic (exact) mass is 344 g/mol. The normalized spacial score (nSPS) is 28.2. The number of amides is 1. The van der Waals surface area contributed by atoms with Crippen LogP contribution in [0.3, 0.4) is 0 Å². The standard InChI is InChI=1S/C20H32N4O/c1-20(10-6-12-22-20)19(25)21-11-7-13-24-15-14-23(2)16-18(24)17-8-4-3-5-9-17/h3-5,8-9,18,22H,6-7,10-16H2,1-2H3,(H,21,25)/t18-,20+/m1/s1. The summed E-state index contributed by atoms with van der Waals surface area (Å²) in [7, 11) is 2.20. The summed E-state index contributed by atoms with van der Waals surface area (Å²) >= 11 is 0. The maximum Gasteiger partial charge on any atom is 0.240 e. The van der Waals surface area contributed by atoms with Crippen LogP contribution >= 0.6 is 0 Å². The fourth-order valence-corrected chi connectivity index (χ4v) is 3.98. The number of piperazine rings is 1. The van der Waals surface area contributed by atoms with E-state index in [0.29, 0.717) is 6.04 Å². The minimum absolute atomic E-state index is 0.156. The predicted molar refractivity (Wildman–Crippen MR) is 102 cm³/mol. The molecule has 5 heteroatoms. The van der Waals surface area contributed by atoms with Gasteiger partial charge in [0.2, 0.25) is 5.91 Å². The molecule has 25 heavy (non-hydrogen) atoms. The second-order valence-corrected chi connectivity index (χ2v) is 7.70. The molecule has 2 fully saturated rings. The Kier molecular flexibility index (Phi) is 6.10. The van der Waals surface area contributed by atoms with Gasteiger partial charge in [-0.2, -0.15) is 0 Å². The largest absolute Gasteiger partial charge is 0.354 e. The van der Waals surface area contributed by atoms with E-state index >= 15 is 0 Å². The number of hydrogen-bond donors (Lipinski definition) is 2. The summed E-state index contributed by atoms with van der Waals surface area (Å²) in [5.74, 6) is 0.156. The molecule has 2 aliphatic rings. The number of likely N-dealkylation sites (N-methyl/N-ethyl adjacent to an activating group) is 1. The van der Waals surface area contributed by atoms with Crippen LogP contribution < -0.4 is 10.6 Å². The molecule has 1 aromatic rings. The van der Waals surface area contributed by atoms with Crippen molar-refractivity contribution in [1.82, 2.24) is 20.4 Å². The van der Waals surface area contributed by atoms with Crippen LogP contribution in [0, 0.1) is 0 Å². The number of carbonyl (C=O) groups excluding carboxylic acids is 1. The molecular formula is C20H32N4O. The number of nitrogens with zero attached hydrogens (tertiary/aromatic N) is 2. The van der Waals surface area contributed by atoms with Crippen molar-refractivity contribution in [3.8, 4) is 0 Å². The Morgan fingerprint density at radius 3 is 2.84 bits per heavy atom. The van der Waals surface area contributed by atoms with E-state index in [4.69, 9.17) is 0 Å². The zero-order chi connectivity index (χ0) is 17.7. The minimum atomic E-state index is -0.361. The van der Waals surface area contributed by atoms with Crippen molar-refractivity contribution in [3.63, 3.8) is 0 Å². The van der Waals surface area contributed by atoms with Gasteiger partial charge < -0.3 is 15.5 Å². The van der Waals surface area contributed by atoms with Gasteiger partial charge in [-0.15, -0.1) is 0 Å². The van der Waals surface area contributed by atoms with Gasteiger partial charge in [0.25, 0.3) is 0 Å². The van der Waals surface area contributed by atoms with Gasteiger partial charge in [-0.3, -0.25) is 9.69 Å². The van der Waals surface area contributed by atoms with Crippen LogP contribution in [0.25, 0.3) is 0 Å². The van der Waals surface area contributed by atoms with E-state index in [0.717, 1.165) is 58.5 Å². The highest BCUT2D eigenvalue weighted by atomic mass is 16.2. The fourth-order valence-electron chi connectivity index (χ4n) is 3.98. The molecule has 2 saturated heterocycles. The lowest BCUT2D eigenvalue weighted by molar-refractivity contribution is -0.126. The molecule has 138 valence electrons. The summed E-state index contributed by atoms with van der Waals surface area (Å²) in [6, 6.07) is 11.2. The van der Waals surface area contributed by atoms with Crippen molar-refractivity contribution >= 4 is 5.91 Å². The van der Waals surface area contributed by atoms with Gasteiger partial charge in [0.05, 0.1) is 5.54 Å². The van der Waals surface area contributed by atoms with Crippen LogP contribution in [0.15, 0.2) is 30.3 Å². The Hall–Kier alpha value is -1.43. The number of hydrogen-bond acceptors (Lipinski definition) is 4. The van der Waals surface area contributed by atoms with Crippen LogP contribution in [-0.2, 0) is 4.79 Å². The van der Waals surface area contributed by atoms with E-state index in [9.17, 15) is 4.79 Å². The number of nitrogens with one attached hydrogen (secondary N) is 2. The third-order valence-electron chi connectivity index (χ3n) is 5.66. The van der Waals surface area contributed by atoms with Crippen LogP contribution in [0.5, 0.6) is 0 Å². The van der Waals surface area contributed by atoms with Crippen molar-refractivity contribution < 1.29 is 4.79 Å². The highest BCUT2D eigenvalue weighted by Gasteiger charge is 2.35. The molecule has 0 saturated carbocycles. The first-order valence-corrected chi connectivity index (χ1v) is 9.59. The summed E-state index contributed by atoms with van der Waals surface area (Å²) in [5.41, 5.74) is 1.03. The van der Waals surface area contributed by atoms with E-state index in [1.165, 1.54) is 5.56 Å². The summed E-state index contributed by atoms with van der Waals surface area (Å²) < 4.78 is 0. The zero-order valence-electron chi connectivity index (χ0n) is 15.6. The number of benzene rings is 1. The van der Waals surface area contributed by atoms with E-state index in [1.54, 1.807) is 0 Å². The first-order chi connectivity index (χ1) is 12.1. The van der Waals surface area contributed by atoms with E-state index in [2.05, 4.69) is 57.8 Å². The summed E-state index contributed by atoms with van der Waals surface area (Å²) in [5, 5.41) is 6.46. The maximum atomic E-state index is 12.4. The van der Waals surface area contributed by atoms with Crippen molar-refractivity contribution in [2.75, 3.05) is 46.3 Å². The van der Waals surface area contributed by atoms with Crippen LogP contribution in [-0.4, -0.2) is 67.6 Å². The molecule has 0 aliphatic carbocycles. The Morgan fingerprint density at radius 1 is 1.32 bits per heavy atom.